The van der Waals surface area contributed by atoms with Crippen molar-refractivity contribution in [3.05, 3.63) is 46.3 Å². The lowest BCUT2D eigenvalue weighted by atomic mass is 10.3. The third kappa shape index (κ3) is 2.95. The van der Waals surface area contributed by atoms with E-state index in [2.05, 4.69) is 31.2 Å². The van der Waals surface area contributed by atoms with E-state index >= 15 is 0 Å². The van der Waals surface area contributed by atoms with E-state index in [0.717, 1.165) is 12.2 Å². The lowest BCUT2D eigenvalue weighted by Crippen LogP contribution is -2.23. The summed E-state index contributed by atoms with van der Waals surface area (Å²) in [6.45, 7) is 2.25. The summed E-state index contributed by atoms with van der Waals surface area (Å²) in [4.78, 5) is 19.9. The summed E-state index contributed by atoms with van der Waals surface area (Å²) in [6.07, 6.45) is 4.07. The van der Waals surface area contributed by atoms with Crippen LogP contribution in [-0.2, 0) is 13.0 Å². The highest BCUT2D eigenvalue weighted by atomic mass is 79.9. The first-order valence-electron chi connectivity index (χ1n) is 5.53. The second-order valence-electron chi connectivity index (χ2n) is 3.60. The molecule has 2 aromatic heterocycles. The monoisotopic (exact) mass is 309 g/mol. The van der Waals surface area contributed by atoms with Gasteiger partial charge in [0.15, 0.2) is 0 Å². The minimum absolute atomic E-state index is 0.216. The Morgan fingerprint density at radius 2 is 2.33 bits per heavy atom. The predicted octanol–water partition coefficient (Wildman–Crippen LogP) is 2.32. The number of aromatic nitrogens is 2. The van der Waals surface area contributed by atoms with Crippen molar-refractivity contribution in [3.8, 4) is 0 Å². The molecule has 2 heterocycles. The Balaban J connectivity index is 1.98. The van der Waals surface area contributed by atoms with E-state index in [-0.39, 0.29) is 12.5 Å². The topological polar surface area (TPSA) is 68.0 Å². The Morgan fingerprint density at radius 3 is 3.00 bits per heavy atom. The van der Waals surface area contributed by atoms with Crippen LogP contribution in [0.2, 0.25) is 0 Å². The average molecular weight is 310 g/mol. The van der Waals surface area contributed by atoms with Crippen molar-refractivity contribution < 1.29 is 9.21 Å². The molecular weight excluding hydrogens is 298 g/mol. The molecule has 0 aliphatic carbocycles. The van der Waals surface area contributed by atoms with Crippen LogP contribution in [0.4, 0.5) is 0 Å². The lowest BCUT2D eigenvalue weighted by Gasteiger charge is -2.03. The molecule has 18 heavy (non-hydrogen) atoms. The van der Waals surface area contributed by atoms with Gasteiger partial charge in [0.25, 0.3) is 5.91 Å². The molecule has 0 aliphatic heterocycles. The van der Waals surface area contributed by atoms with E-state index in [4.69, 9.17) is 4.42 Å². The largest absolute Gasteiger partial charge is 0.444 e. The molecule has 0 aliphatic rings. The molecule has 0 radical (unpaired) electrons. The van der Waals surface area contributed by atoms with E-state index < -0.39 is 0 Å². The number of pyridine rings is 1. The minimum atomic E-state index is -0.216. The number of nitrogens with one attached hydrogen (secondary N) is 1. The van der Waals surface area contributed by atoms with Crippen LogP contribution in [0, 0.1) is 0 Å². The first-order chi connectivity index (χ1) is 8.70. The molecule has 0 spiro atoms. The number of hydrogen-bond donors (Lipinski definition) is 1. The molecule has 0 atom stereocenters. The van der Waals surface area contributed by atoms with Crippen molar-refractivity contribution in [1.29, 1.82) is 0 Å². The molecule has 2 aromatic rings. The van der Waals surface area contributed by atoms with E-state index in [1.54, 1.807) is 24.5 Å². The Morgan fingerprint density at radius 1 is 1.50 bits per heavy atom. The normalized spacial score (nSPS) is 10.3. The first kappa shape index (κ1) is 12.8. The second-order valence-corrected chi connectivity index (χ2v) is 4.35. The summed E-state index contributed by atoms with van der Waals surface area (Å²) in [5.74, 6) is 1.09. The second kappa shape index (κ2) is 5.77. The number of oxazole rings is 1. The van der Waals surface area contributed by atoms with Gasteiger partial charge in [-0.15, -0.1) is 0 Å². The summed E-state index contributed by atoms with van der Waals surface area (Å²) in [5.41, 5.74) is 0.486. The van der Waals surface area contributed by atoms with Gasteiger partial charge in [-0.1, -0.05) is 6.92 Å². The maximum Gasteiger partial charge on any atom is 0.254 e. The maximum atomic E-state index is 11.9. The number of halogens is 1. The van der Waals surface area contributed by atoms with Gasteiger partial charge in [-0.2, -0.15) is 0 Å². The highest BCUT2D eigenvalue weighted by molar-refractivity contribution is 9.10. The van der Waals surface area contributed by atoms with E-state index in [1.165, 1.54) is 0 Å². The van der Waals surface area contributed by atoms with Gasteiger partial charge in [0.1, 0.15) is 10.4 Å². The lowest BCUT2D eigenvalue weighted by molar-refractivity contribution is 0.0946. The molecular formula is C12H12BrN3O2. The zero-order valence-electron chi connectivity index (χ0n) is 9.81. The number of aryl methyl sites for hydroxylation is 1. The number of amides is 1. The van der Waals surface area contributed by atoms with Crippen molar-refractivity contribution in [2.24, 2.45) is 0 Å². The molecule has 0 aromatic carbocycles. The van der Waals surface area contributed by atoms with Gasteiger partial charge in [-0.25, -0.2) is 9.97 Å². The first-order valence-corrected chi connectivity index (χ1v) is 6.32. The molecule has 1 N–H and O–H groups in total. The van der Waals surface area contributed by atoms with Gasteiger partial charge in [0.05, 0.1) is 18.3 Å². The fraction of sp³-hybridized carbons (Fsp3) is 0.250. The zero-order chi connectivity index (χ0) is 13.0. The number of carbonyl (C=O) groups excluding carboxylic acids is 1. The van der Waals surface area contributed by atoms with Crippen molar-refractivity contribution in [2.75, 3.05) is 0 Å². The van der Waals surface area contributed by atoms with E-state index in [0.29, 0.717) is 16.1 Å². The molecule has 0 fully saturated rings. The smallest absolute Gasteiger partial charge is 0.254 e. The predicted molar refractivity (Wildman–Crippen MR) is 69.0 cm³/mol. The van der Waals surface area contributed by atoms with Crippen LogP contribution in [0.1, 0.15) is 28.9 Å². The van der Waals surface area contributed by atoms with Gasteiger partial charge in [-0.3, -0.25) is 4.79 Å². The summed E-state index contributed by atoms with van der Waals surface area (Å²) >= 11 is 3.23. The van der Waals surface area contributed by atoms with Crippen molar-refractivity contribution in [2.45, 2.75) is 19.9 Å². The minimum Gasteiger partial charge on any atom is -0.444 e. The molecule has 1 amide bonds. The Bertz CT molecular complexity index is 554. The summed E-state index contributed by atoms with van der Waals surface area (Å²) in [6, 6.07) is 3.40. The van der Waals surface area contributed by atoms with E-state index in [9.17, 15) is 4.79 Å². The standard InChI is InChI=1S/C12H12BrN3O2/c1-2-8-6-15-10(18-8)7-16-12(17)9-4-3-5-14-11(9)13/h3-6H,2,7H2,1H3,(H,16,17). The zero-order valence-corrected chi connectivity index (χ0v) is 11.4. The summed E-state index contributed by atoms with van der Waals surface area (Å²) in [7, 11) is 0. The quantitative estimate of drug-likeness (QED) is 0.880. The van der Waals surface area contributed by atoms with Gasteiger partial charge < -0.3 is 9.73 Å². The summed E-state index contributed by atoms with van der Waals surface area (Å²) in [5, 5.41) is 2.73. The maximum absolute atomic E-state index is 11.9. The van der Waals surface area contributed by atoms with Crippen LogP contribution in [-0.4, -0.2) is 15.9 Å². The average Bonchev–Trinajstić information content (AvgIpc) is 2.84. The van der Waals surface area contributed by atoms with Crippen LogP contribution in [0.15, 0.2) is 33.5 Å². The van der Waals surface area contributed by atoms with Crippen LogP contribution >= 0.6 is 15.9 Å². The van der Waals surface area contributed by atoms with Crippen molar-refractivity contribution in [1.82, 2.24) is 15.3 Å². The van der Waals surface area contributed by atoms with Crippen LogP contribution in [0.5, 0.6) is 0 Å². The Kier molecular flexibility index (Phi) is 4.09. The number of rotatable bonds is 4. The highest BCUT2D eigenvalue weighted by Gasteiger charge is 2.11. The molecule has 0 bridgehead atoms. The number of nitrogens with zero attached hydrogens (tertiary/aromatic N) is 2. The third-order valence-electron chi connectivity index (χ3n) is 2.35. The van der Waals surface area contributed by atoms with Crippen molar-refractivity contribution in [3.63, 3.8) is 0 Å². The number of hydrogen-bond acceptors (Lipinski definition) is 4. The van der Waals surface area contributed by atoms with Gasteiger partial charge in [0.2, 0.25) is 5.89 Å². The SMILES string of the molecule is CCc1cnc(CNC(=O)c2cccnc2Br)o1. The van der Waals surface area contributed by atoms with Gasteiger partial charge in [-0.05, 0) is 28.1 Å². The molecule has 0 unspecified atom stereocenters. The van der Waals surface area contributed by atoms with Crippen LogP contribution in [0.25, 0.3) is 0 Å². The molecule has 0 saturated heterocycles. The molecule has 94 valence electrons. The Hall–Kier alpha value is -1.69. The molecule has 6 heteroatoms. The fourth-order valence-corrected chi connectivity index (χ4v) is 1.83. The molecule has 5 nitrogen and oxygen atoms in total. The highest BCUT2D eigenvalue weighted by Crippen LogP contribution is 2.12. The third-order valence-corrected chi connectivity index (χ3v) is 2.99. The van der Waals surface area contributed by atoms with Gasteiger partial charge >= 0.3 is 0 Å². The molecule has 0 saturated carbocycles. The molecule has 2 rings (SSSR count). The Labute approximate surface area is 113 Å². The summed E-state index contributed by atoms with van der Waals surface area (Å²) < 4.78 is 5.91. The van der Waals surface area contributed by atoms with E-state index in [1.807, 2.05) is 6.92 Å². The van der Waals surface area contributed by atoms with Crippen molar-refractivity contribution >= 4 is 21.8 Å². The van der Waals surface area contributed by atoms with Crippen LogP contribution < -0.4 is 5.32 Å². The number of carbonyl (C=O) groups is 1. The fourth-order valence-electron chi connectivity index (χ4n) is 1.40. The van der Waals surface area contributed by atoms with Crippen LogP contribution in [0.3, 0.4) is 0 Å². The van der Waals surface area contributed by atoms with Gasteiger partial charge in [0, 0.05) is 12.6 Å².